The summed E-state index contributed by atoms with van der Waals surface area (Å²) in [6, 6.07) is 86.7. The number of benzene rings is 8. The first-order valence-corrected chi connectivity index (χ1v) is 50.6. The second kappa shape index (κ2) is 44.9. The van der Waals surface area contributed by atoms with E-state index in [1.54, 1.807) is 24.5 Å². The van der Waals surface area contributed by atoms with Crippen LogP contribution in [0.3, 0.4) is 0 Å². The van der Waals surface area contributed by atoms with E-state index >= 15 is 0 Å². The standard InChI is InChI=1S/C18H12ClN3O2.2C18H15P.C10H7Cl2N.C8H5ClN2O2.C8H5N2O2.3CH3.2ClH.Pd.Sn/c1-24-18(23)16-7-15(21-9-13(16)8-20)5-11-2-3-17-12(4-11)6-14(19)10-22-17;2*1-4-10-16(11-5-1)19(17-12-6-2-7-13-17)18-14-8-3-9-15-18;11-5-7-1-2-10-8(3-7)4-9(12)6-13-10;1-10-6-4-11-7(9)3-5(6)8(12)13-2;1-9-7-5-10-4-3-6(7)8(11)12-2;;;;;;;/h2-4,6-7,9-10H,5H2,1H3;2*1-15H;1-4,6H,5H2;3-4H,2H3;3,5H,2H3;3*1H3;2*1H;;/q;;;;;;;;;;;+2;/p-2. The molecule has 0 fully saturated rings. The molecule has 13 aromatic rings. The van der Waals surface area contributed by atoms with Gasteiger partial charge in [-0.05, 0) is 107 Å². The molecule has 8 aromatic carbocycles. The Morgan fingerprint density at radius 1 is 0.458 bits per heavy atom. The Morgan fingerprint density at radius 3 is 1.17 bits per heavy atom. The predicted octanol–water partition coefficient (Wildman–Crippen LogP) is 19.5. The molecule has 5 heterocycles. The number of hydrogen-bond acceptors (Lipinski definition) is 12. The van der Waals surface area contributed by atoms with E-state index in [4.69, 9.17) is 88.6 Å². The fraction of sp³-hybridized carbons (Fsp3) is 0.0964. The van der Waals surface area contributed by atoms with E-state index in [9.17, 15) is 14.4 Å². The topological polar surface area (TPSA) is 176 Å². The SMILES string of the molecule is COC(=O)c1cc(Cc2ccc3ncc(Cl)cc3c2)ncc1C#N.ClCc1ccc2ncc(Cl)cc2c1.[C-]#[N+]c1cn[c]([Sn]([CH3])([CH3])[CH3])cc1C(=O)OC.[C-]#[N+]c1cnc(Cl)cc1C(=O)OC.[Cl][Pd][Cl].c1ccc(P(c2ccccc2)c2ccccc2)cc1.c1ccc(P(c2ccccc2)c2ccccc2)cc1. The van der Waals surface area contributed by atoms with Gasteiger partial charge in [-0.3, -0.25) is 19.9 Å². The van der Waals surface area contributed by atoms with Gasteiger partial charge in [0.1, 0.15) is 11.2 Å². The van der Waals surface area contributed by atoms with Gasteiger partial charge in [0.15, 0.2) is 0 Å². The summed E-state index contributed by atoms with van der Waals surface area (Å²) in [5.74, 6) is -1.09. The zero-order valence-electron chi connectivity index (χ0n) is 58.5. The molecule has 13 rings (SSSR count). The monoisotopic (exact) mass is 1770 g/mol. The van der Waals surface area contributed by atoms with E-state index in [1.807, 2.05) is 54.6 Å². The zero-order chi connectivity index (χ0) is 77.1. The molecular weight excluding hydrogens is 1700 g/mol. The van der Waals surface area contributed by atoms with Crippen LogP contribution in [0.4, 0.5) is 11.4 Å². The molecule has 0 aliphatic rings. The third kappa shape index (κ3) is 26.4. The number of esters is 3. The molecule has 0 atom stereocenters. The van der Waals surface area contributed by atoms with Crippen molar-refractivity contribution in [1.82, 2.24) is 24.9 Å². The Hall–Kier alpha value is -9.03. The minimum atomic E-state index is -2.31. The quantitative estimate of drug-likeness (QED) is 0.0203. The Bertz CT molecular complexity index is 4890. The average Bonchev–Trinajstić information content (AvgIpc) is 0.822. The summed E-state index contributed by atoms with van der Waals surface area (Å²) in [5, 5.41) is 20.8. The van der Waals surface area contributed by atoms with Gasteiger partial charge in [-0.2, -0.15) is 5.26 Å². The molecule has 14 nitrogen and oxygen atoms in total. The molecule has 0 aliphatic carbocycles. The van der Waals surface area contributed by atoms with Gasteiger partial charge in [0.25, 0.3) is 0 Å². The predicted molar refractivity (Wildman–Crippen MR) is 440 cm³/mol. The number of aromatic nitrogens is 5. The minimum Gasteiger partial charge on any atom is -0.0622 e. The number of hydrogen-bond donors (Lipinski definition) is 0. The van der Waals surface area contributed by atoms with Crippen molar-refractivity contribution in [3.8, 4) is 6.07 Å². The van der Waals surface area contributed by atoms with E-state index in [1.165, 1.54) is 77.8 Å². The maximum atomic E-state index is 11.8. The Balaban J connectivity index is 0.000000180. The Kier molecular flexibility index (Phi) is 35.8. The van der Waals surface area contributed by atoms with Crippen LogP contribution in [0.25, 0.3) is 31.5 Å². The molecule has 0 N–H and O–H groups in total. The molecule has 5 aromatic heterocycles. The van der Waals surface area contributed by atoms with Gasteiger partial charge in [0.2, 0.25) is 5.69 Å². The third-order valence-corrected chi connectivity index (χ3v) is 26.1. The maximum absolute atomic E-state index is 11.8. The maximum Gasteiger partial charge on any atom is -0.0134 e. The molecule has 0 saturated carbocycles. The fourth-order valence-corrected chi connectivity index (χ4v) is 18.2. The van der Waals surface area contributed by atoms with Crippen LogP contribution in [0, 0.1) is 24.5 Å². The first-order chi connectivity index (χ1) is 51.8. The molecule has 0 aliphatic heterocycles. The Labute approximate surface area is 666 Å². The van der Waals surface area contributed by atoms with Crippen molar-refractivity contribution in [3.05, 3.63) is 357 Å². The normalized spacial score (nSPS) is 10.3. The van der Waals surface area contributed by atoms with E-state index in [0.29, 0.717) is 33.6 Å². The molecular formula is C83H68Cl6N8O6P2PdSn. The molecule has 0 saturated heterocycles. The molecule has 0 amide bonds. The van der Waals surface area contributed by atoms with Crippen LogP contribution < -0.4 is 35.5 Å². The smallest absolute Gasteiger partial charge is 0.0134 e. The van der Waals surface area contributed by atoms with E-state index in [2.05, 4.69) is 241 Å². The summed E-state index contributed by atoms with van der Waals surface area (Å²) in [4.78, 5) is 68.0. The molecule has 0 bridgehead atoms. The first-order valence-electron chi connectivity index (χ1n) is 32.2. The van der Waals surface area contributed by atoms with Crippen molar-refractivity contribution >= 4 is 186 Å². The largest absolute Gasteiger partial charge is 0.0622 e. The number of rotatable bonds is 13. The number of methoxy groups -OCH3 is 3. The summed E-state index contributed by atoms with van der Waals surface area (Å²) in [7, 11) is 12.6. The minimum absolute atomic E-state index is 0.106. The zero-order valence-corrected chi connectivity index (χ0v) is 69.2. The number of carbonyl (C=O) groups is 3. The van der Waals surface area contributed by atoms with E-state index < -0.39 is 52.1 Å². The number of nitrogens with zero attached hydrogens (tertiary/aromatic N) is 8. The number of carbonyl (C=O) groups excluding carboxylic acids is 3. The van der Waals surface area contributed by atoms with Gasteiger partial charge in [-0.25, -0.2) is 14.4 Å². The van der Waals surface area contributed by atoms with Gasteiger partial charge < -0.3 is 9.47 Å². The van der Waals surface area contributed by atoms with Crippen molar-refractivity contribution in [2.75, 3.05) is 21.3 Å². The summed E-state index contributed by atoms with van der Waals surface area (Å²) < 4.78 is 14.8. The summed E-state index contributed by atoms with van der Waals surface area (Å²) >= 11 is 20.7. The first kappa shape index (κ1) is 85.2. The molecule has 107 heavy (non-hydrogen) atoms. The fourth-order valence-electron chi connectivity index (χ4n) is 10.0. The van der Waals surface area contributed by atoms with Gasteiger partial charge in [0, 0.05) is 53.6 Å². The van der Waals surface area contributed by atoms with Gasteiger partial charge in [0.05, 0.1) is 58.6 Å². The summed E-state index contributed by atoms with van der Waals surface area (Å²) in [6.07, 6.45) is 7.86. The van der Waals surface area contributed by atoms with Crippen molar-refractivity contribution in [2.45, 2.75) is 27.1 Å². The second-order valence-corrected chi connectivity index (χ2v) is 45.9. The van der Waals surface area contributed by atoms with Crippen LogP contribution in [0.5, 0.6) is 0 Å². The third-order valence-electron chi connectivity index (χ3n) is 15.1. The number of halogens is 6. The van der Waals surface area contributed by atoms with Gasteiger partial charge >= 0.3 is 146 Å². The van der Waals surface area contributed by atoms with E-state index in [0.717, 1.165) is 36.6 Å². The number of nitriles is 1. The molecule has 0 spiro atoms. The second-order valence-electron chi connectivity index (χ2n) is 23.3. The number of fused-ring (bicyclic) bond motifs is 2. The van der Waals surface area contributed by atoms with Crippen LogP contribution in [0.15, 0.2) is 280 Å². The van der Waals surface area contributed by atoms with Gasteiger partial charge in [-0.15, -0.1) is 11.6 Å². The van der Waals surface area contributed by atoms with Crippen molar-refractivity contribution in [2.24, 2.45) is 0 Å². The van der Waals surface area contributed by atoms with Gasteiger partial charge in [-0.1, -0.05) is 229 Å². The summed E-state index contributed by atoms with van der Waals surface area (Å²) in [5.41, 5.74) is 5.82. The summed E-state index contributed by atoms with van der Waals surface area (Å²) in [6.45, 7) is 13.7. The van der Waals surface area contributed by atoms with Crippen LogP contribution >= 0.6 is 81.3 Å². The average molecular weight is 1770 g/mol. The van der Waals surface area contributed by atoms with Crippen LogP contribution in [-0.4, -0.2) is 82.5 Å². The van der Waals surface area contributed by atoms with Crippen LogP contribution in [0.1, 0.15) is 53.5 Å². The number of pyridine rings is 5. The Morgan fingerprint density at radius 2 is 0.813 bits per heavy atom. The van der Waals surface area contributed by atoms with Crippen molar-refractivity contribution in [3.63, 3.8) is 0 Å². The van der Waals surface area contributed by atoms with Crippen molar-refractivity contribution in [1.29, 1.82) is 5.26 Å². The molecule has 24 heteroatoms. The number of ether oxygens (including phenoxy) is 3. The van der Waals surface area contributed by atoms with Crippen LogP contribution in [0.2, 0.25) is 30.0 Å². The molecule has 0 unspecified atom stereocenters. The van der Waals surface area contributed by atoms with Crippen molar-refractivity contribution < 1.29 is 44.5 Å². The number of alkyl halides is 1. The van der Waals surface area contributed by atoms with E-state index in [-0.39, 0.29) is 49.2 Å². The molecule has 0 radical (unpaired) electrons. The molecule has 542 valence electrons. The van der Waals surface area contributed by atoms with Crippen LogP contribution in [-0.2, 0) is 42.5 Å².